The van der Waals surface area contributed by atoms with Crippen LogP contribution in [-0.4, -0.2) is 30.1 Å². The van der Waals surface area contributed by atoms with E-state index in [2.05, 4.69) is 61.3 Å². The Balaban J connectivity index is 1.98. The highest BCUT2D eigenvalue weighted by atomic mass is 15.2. The van der Waals surface area contributed by atoms with Gasteiger partial charge in [-0.05, 0) is 25.3 Å². The number of hydrogen-bond acceptors (Lipinski definition) is 2. The summed E-state index contributed by atoms with van der Waals surface area (Å²) in [5, 5.41) is 3.75. The van der Waals surface area contributed by atoms with Crippen LogP contribution in [0.4, 0.5) is 0 Å². The molecule has 2 nitrogen and oxygen atoms in total. The Kier molecular flexibility index (Phi) is 6.72. The molecule has 3 unspecified atom stereocenters. The largest absolute Gasteiger partial charge is 0.307 e. The molecule has 1 saturated heterocycles. The Labute approximate surface area is 130 Å². The molecule has 0 amide bonds. The van der Waals surface area contributed by atoms with Crippen molar-refractivity contribution in [2.24, 2.45) is 0 Å². The molecule has 1 aromatic rings. The molecule has 0 aromatic heterocycles. The van der Waals surface area contributed by atoms with Gasteiger partial charge in [0.2, 0.25) is 0 Å². The predicted molar refractivity (Wildman–Crippen MR) is 91.6 cm³/mol. The zero-order chi connectivity index (χ0) is 15.1. The summed E-state index contributed by atoms with van der Waals surface area (Å²) < 4.78 is 0. The maximum atomic E-state index is 3.75. The van der Waals surface area contributed by atoms with Crippen LogP contribution in [0.25, 0.3) is 0 Å². The van der Waals surface area contributed by atoms with E-state index in [0.717, 1.165) is 13.1 Å². The van der Waals surface area contributed by atoms with Crippen molar-refractivity contribution in [3.8, 4) is 0 Å². The molecule has 0 spiro atoms. The number of nitrogens with one attached hydrogen (secondary N) is 1. The maximum absolute atomic E-state index is 3.75. The molecule has 1 aliphatic heterocycles. The third-order valence-electron chi connectivity index (χ3n) is 4.93. The van der Waals surface area contributed by atoms with Gasteiger partial charge >= 0.3 is 0 Å². The summed E-state index contributed by atoms with van der Waals surface area (Å²) in [6.07, 6.45) is 6.64. The molecule has 2 rings (SSSR count). The predicted octanol–water partition coefficient (Wildman–Crippen LogP) is 4.38. The van der Waals surface area contributed by atoms with E-state index in [0.29, 0.717) is 18.1 Å². The number of rotatable bonds is 7. The van der Waals surface area contributed by atoms with Gasteiger partial charge in [0, 0.05) is 31.2 Å². The fourth-order valence-electron chi connectivity index (χ4n) is 3.50. The van der Waals surface area contributed by atoms with Crippen LogP contribution in [0.15, 0.2) is 30.3 Å². The van der Waals surface area contributed by atoms with Gasteiger partial charge in [-0.1, -0.05) is 63.4 Å². The number of piperazine rings is 1. The van der Waals surface area contributed by atoms with E-state index in [1.54, 1.807) is 0 Å². The Morgan fingerprint density at radius 2 is 1.95 bits per heavy atom. The molecule has 118 valence electrons. The standard InChI is InChI=1S/C19H32N2/c1-4-6-8-11-16(3)21-15-19(20-14-18(21)5-2)17-12-9-7-10-13-17/h7,9-10,12-13,16,18-20H,4-6,8,11,14-15H2,1-3H3. The topological polar surface area (TPSA) is 15.3 Å². The van der Waals surface area contributed by atoms with Crippen LogP contribution in [0.2, 0.25) is 0 Å². The second-order valence-corrected chi connectivity index (χ2v) is 6.48. The first-order valence-corrected chi connectivity index (χ1v) is 8.80. The van der Waals surface area contributed by atoms with Gasteiger partial charge in [-0.15, -0.1) is 0 Å². The van der Waals surface area contributed by atoms with Crippen molar-refractivity contribution in [2.45, 2.75) is 71.0 Å². The average Bonchev–Trinajstić information content (AvgIpc) is 2.55. The van der Waals surface area contributed by atoms with Crippen LogP contribution >= 0.6 is 0 Å². The van der Waals surface area contributed by atoms with Crippen LogP contribution in [-0.2, 0) is 0 Å². The smallest absolute Gasteiger partial charge is 0.0450 e. The van der Waals surface area contributed by atoms with Gasteiger partial charge in [0.05, 0.1) is 0 Å². The van der Waals surface area contributed by atoms with Crippen LogP contribution in [0.3, 0.4) is 0 Å². The van der Waals surface area contributed by atoms with E-state index in [-0.39, 0.29) is 0 Å². The third kappa shape index (κ3) is 4.55. The first kappa shape index (κ1) is 16.5. The third-order valence-corrected chi connectivity index (χ3v) is 4.93. The molecule has 0 aliphatic carbocycles. The highest BCUT2D eigenvalue weighted by molar-refractivity contribution is 5.20. The van der Waals surface area contributed by atoms with E-state index in [9.17, 15) is 0 Å². The molecular formula is C19H32N2. The van der Waals surface area contributed by atoms with Crippen molar-refractivity contribution < 1.29 is 0 Å². The van der Waals surface area contributed by atoms with E-state index >= 15 is 0 Å². The van der Waals surface area contributed by atoms with Crippen molar-refractivity contribution in [3.63, 3.8) is 0 Å². The average molecular weight is 288 g/mol. The van der Waals surface area contributed by atoms with Crippen molar-refractivity contribution in [1.82, 2.24) is 10.2 Å². The molecule has 21 heavy (non-hydrogen) atoms. The molecule has 0 radical (unpaired) electrons. The van der Waals surface area contributed by atoms with Gasteiger partial charge in [0.1, 0.15) is 0 Å². The lowest BCUT2D eigenvalue weighted by atomic mass is 9.97. The summed E-state index contributed by atoms with van der Waals surface area (Å²) in [6, 6.07) is 12.8. The minimum absolute atomic E-state index is 0.489. The summed E-state index contributed by atoms with van der Waals surface area (Å²) in [4.78, 5) is 2.75. The molecule has 1 aliphatic rings. The van der Waals surface area contributed by atoms with Crippen molar-refractivity contribution >= 4 is 0 Å². The maximum Gasteiger partial charge on any atom is 0.0450 e. The molecule has 1 heterocycles. The number of hydrogen-bond donors (Lipinski definition) is 1. The van der Waals surface area contributed by atoms with Gasteiger partial charge in [-0.2, -0.15) is 0 Å². The molecule has 1 N–H and O–H groups in total. The molecule has 0 bridgehead atoms. The van der Waals surface area contributed by atoms with E-state index in [1.807, 2.05) is 0 Å². The van der Waals surface area contributed by atoms with Gasteiger partial charge < -0.3 is 5.32 Å². The second kappa shape index (κ2) is 8.55. The zero-order valence-electron chi connectivity index (χ0n) is 14.0. The lowest BCUT2D eigenvalue weighted by Crippen LogP contribution is -2.55. The molecule has 0 saturated carbocycles. The summed E-state index contributed by atoms with van der Waals surface area (Å²) in [6.45, 7) is 9.30. The first-order chi connectivity index (χ1) is 10.3. The van der Waals surface area contributed by atoms with Crippen molar-refractivity contribution in [1.29, 1.82) is 0 Å². The Hall–Kier alpha value is -0.860. The lowest BCUT2D eigenvalue weighted by Gasteiger charge is -2.44. The van der Waals surface area contributed by atoms with Gasteiger partial charge in [0.15, 0.2) is 0 Å². The Morgan fingerprint density at radius 3 is 2.62 bits per heavy atom. The van der Waals surface area contributed by atoms with Gasteiger partial charge in [-0.3, -0.25) is 4.90 Å². The van der Waals surface area contributed by atoms with Crippen LogP contribution in [0.5, 0.6) is 0 Å². The Bertz CT molecular complexity index is 390. The Morgan fingerprint density at radius 1 is 1.19 bits per heavy atom. The monoisotopic (exact) mass is 288 g/mol. The van der Waals surface area contributed by atoms with Gasteiger partial charge in [0.25, 0.3) is 0 Å². The summed E-state index contributed by atoms with van der Waals surface area (Å²) in [5.41, 5.74) is 1.43. The number of unbranched alkanes of at least 4 members (excludes halogenated alkanes) is 2. The summed E-state index contributed by atoms with van der Waals surface area (Å²) in [5.74, 6) is 0. The van der Waals surface area contributed by atoms with E-state index in [4.69, 9.17) is 0 Å². The summed E-state index contributed by atoms with van der Waals surface area (Å²) >= 11 is 0. The number of nitrogens with zero attached hydrogens (tertiary/aromatic N) is 1. The fourth-order valence-corrected chi connectivity index (χ4v) is 3.50. The van der Waals surface area contributed by atoms with Gasteiger partial charge in [-0.25, -0.2) is 0 Å². The lowest BCUT2D eigenvalue weighted by molar-refractivity contribution is 0.0808. The summed E-state index contributed by atoms with van der Waals surface area (Å²) in [7, 11) is 0. The second-order valence-electron chi connectivity index (χ2n) is 6.48. The van der Waals surface area contributed by atoms with Crippen molar-refractivity contribution in [3.05, 3.63) is 35.9 Å². The molecular weight excluding hydrogens is 256 g/mol. The molecule has 1 fully saturated rings. The quantitative estimate of drug-likeness (QED) is 0.749. The first-order valence-electron chi connectivity index (χ1n) is 8.80. The van der Waals surface area contributed by atoms with E-state index < -0.39 is 0 Å². The van der Waals surface area contributed by atoms with Crippen LogP contribution in [0, 0.1) is 0 Å². The van der Waals surface area contributed by atoms with Crippen LogP contribution < -0.4 is 5.32 Å². The normalized spacial score (nSPS) is 24.9. The fraction of sp³-hybridized carbons (Fsp3) is 0.684. The van der Waals surface area contributed by atoms with E-state index in [1.165, 1.54) is 37.7 Å². The number of benzene rings is 1. The zero-order valence-corrected chi connectivity index (χ0v) is 14.0. The minimum atomic E-state index is 0.489. The molecule has 1 aromatic carbocycles. The molecule has 2 heteroatoms. The minimum Gasteiger partial charge on any atom is -0.307 e. The van der Waals surface area contributed by atoms with Crippen molar-refractivity contribution in [2.75, 3.05) is 13.1 Å². The highest BCUT2D eigenvalue weighted by Crippen LogP contribution is 2.24. The SMILES string of the molecule is CCCCCC(C)N1CC(c2ccccc2)NCC1CC. The van der Waals surface area contributed by atoms with Crippen LogP contribution in [0.1, 0.15) is 64.5 Å². The molecule has 3 atom stereocenters. The highest BCUT2D eigenvalue weighted by Gasteiger charge is 2.30.